The van der Waals surface area contributed by atoms with E-state index in [2.05, 4.69) is 5.32 Å². The summed E-state index contributed by atoms with van der Waals surface area (Å²) in [6.45, 7) is 2.64. The Kier molecular flexibility index (Phi) is 5.92. The molecular formula is C16H23NO2S. The molecule has 3 atom stereocenters. The molecule has 20 heavy (non-hydrogen) atoms. The van der Waals surface area contributed by atoms with Crippen LogP contribution in [0.1, 0.15) is 32.6 Å². The van der Waals surface area contributed by atoms with Crippen LogP contribution in [0, 0.1) is 5.92 Å². The molecule has 110 valence electrons. The average molecular weight is 293 g/mol. The molecule has 3 nitrogen and oxygen atoms in total. The van der Waals surface area contributed by atoms with Gasteiger partial charge < -0.3 is 10.4 Å². The topological polar surface area (TPSA) is 49.3 Å². The molecule has 1 amide bonds. The van der Waals surface area contributed by atoms with Gasteiger partial charge in [-0.05, 0) is 31.4 Å². The Morgan fingerprint density at radius 1 is 1.40 bits per heavy atom. The number of benzene rings is 1. The quantitative estimate of drug-likeness (QED) is 0.793. The zero-order valence-electron chi connectivity index (χ0n) is 11.9. The summed E-state index contributed by atoms with van der Waals surface area (Å²) in [7, 11) is 0. The molecule has 4 heteroatoms. The van der Waals surface area contributed by atoms with Gasteiger partial charge >= 0.3 is 0 Å². The van der Waals surface area contributed by atoms with E-state index in [1.54, 1.807) is 11.8 Å². The second-order valence-corrected chi connectivity index (χ2v) is 6.61. The van der Waals surface area contributed by atoms with Crippen LogP contribution in [0.5, 0.6) is 0 Å². The van der Waals surface area contributed by atoms with E-state index in [9.17, 15) is 9.90 Å². The number of nitrogens with one attached hydrogen (secondary N) is 1. The number of hydrogen-bond donors (Lipinski definition) is 2. The van der Waals surface area contributed by atoms with E-state index in [1.165, 1.54) is 0 Å². The number of hydrogen-bond acceptors (Lipinski definition) is 3. The smallest absolute Gasteiger partial charge is 0.233 e. The van der Waals surface area contributed by atoms with Crippen molar-refractivity contribution in [1.29, 1.82) is 0 Å². The summed E-state index contributed by atoms with van der Waals surface area (Å²) < 4.78 is 0. The third-order valence-corrected chi connectivity index (χ3v) is 5.22. The van der Waals surface area contributed by atoms with Crippen molar-refractivity contribution in [3.8, 4) is 0 Å². The van der Waals surface area contributed by atoms with Crippen molar-refractivity contribution in [2.45, 2.75) is 48.9 Å². The van der Waals surface area contributed by atoms with Crippen LogP contribution >= 0.6 is 11.8 Å². The Morgan fingerprint density at radius 3 is 2.75 bits per heavy atom. The second-order valence-electron chi connectivity index (χ2n) is 5.33. The molecule has 1 aromatic rings. The first-order chi connectivity index (χ1) is 9.70. The lowest BCUT2D eigenvalue weighted by atomic mass is 10.1. The molecule has 1 aromatic carbocycles. The van der Waals surface area contributed by atoms with Crippen LogP contribution in [-0.2, 0) is 4.79 Å². The van der Waals surface area contributed by atoms with Crippen molar-refractivity contribution in [1.82, 2.24) is 5.32 Å². The van der Waals surface area contributed by atoms with E-state index in [-0.39, 0.29) is 23.2 Å². The van der Waals surface area contributed by atoms with E-state index >= 15 is 0 Å². The van der Waals surface area contributed by atoms with Crippen molar-refractivity contribution < 1.29 is 9.90 Å². The fourth-order valence-electron chi connectivity index (χ4n) is 2.59. The van der Waals surface area contributed by atoms with Crippen molar-refractivity contribution >= 4 is 17.7 Å². The van der Waals surface area contributed by atoms with Gasteiger partial charge in [-0.15, -0.1) is 11.8 Å². The molecule has 1 aliphatic carbocycles. The van der Waals surface area contributed by atoms with Crippen molar-refractivity contribution in [2.24, 2.45) is 5.92 Å². The molecule has 1 saturated carbocycles. The first-order valence-corrected chi connectivity index (χ1v) is 8.26. The van der Waals surface area contributed by atoms with E-state index in [0.717, 1.165) is 30.6 Å². The maximum absolute atomic E-state index is 12.2. The molecule has 2 rings (SSSR count). The lowest BCUT2D eigenvalue weighted by Gasteiger charge is -2.18. The highest BCUT2D eigenvalue weighted by Crippen LogP contribution is 2.27. The van der Waals surface area contributed by atoms with Gasteiger partial charge in [-0.3, -0.25) is 4.79 Å². The van der Waals surface area contributed by atoms with Crippen LogP contribution in [0.15, 0.2) is 35.2 Å². The summed E-state index contributed by atoms with van der Waals surface area (Å²) in [4.78, 5) is 13.3. The van der Waals surface area contributed by atoms with E-state index in [4.69, 9.17) is 0 Å². The Bertz CT molecular complexity index is 424. The average Bonchev–Trinajstić information content (AvgIpc) is 2.88. The van der Waals surface area contributed by atoms with Crippen LogP contribution in [-0.4, -0.2) is 28.9 Å². The zero-order chi connectivity index (χ0) is 14.4. The fraction of sp³-hybridized carbons (Fsp3) is 0.562. The van der Waals surface area contributed by atoms with Crippen LogP contribution in [0.3, 0.4) is 0 Å². The molecule has 3 unspecified atom stereocenters. The fourth-order valence-corrected chi connectivity index (χ4v) is 3.59. The van der Waals surface area contributed by atoms with Gasteiger partial charge in [0.1, 0.15) is 0 Å². The number of carbonyl (C=O) groups is 1. The Balaban J connectivity index is 1.82. The molecule has 0 aliphatic heterocycles. The highest BCUT2D eigenvalue weighted by atomic mass is 32.2. The summed E-state index contributed by atoms with van der Waals surface area (Å²) in [5.41, 5.74) is 0. The predicted molar refractivity (Wildman–Crippen MR) is 82.7 cm³/mol. The standard InChI is InChI=1S/C16H23NO2S/c1-2-15(20-13-8-4-3-5-9-13)16(19)17-11-12-7-6-10-14(12)18/h3-5,8-9,12,14-15,18H,2,6-7,10-11H2,1H3,(H,17,19). The minimum absolute atomic E-state index is 0.0593. The molecule has 2 N–H and O–H groups in total. The minimum atomic E-state index is -0.239. The normalized spacial score (nSPS) is 23.5. The molecule has 1 aliphatic rings. The van der Waals surface area contributed by atoms with Crippen LogP contribution in [0.2, 0.25) is 0 Å². The Morgan fingerprint density at radius 2 is 2.15 bits per heavy atom. The molecular weight excluding hydrogens is 270 g/mol. The maximum Gasteiger partial charge on any atom is 0.233 e. The first kappa shape index (κ1) is 15.4. The molecule has 0 aromatic heterocycles. The van der Waals surface area contributed by atoms with Gasteiger partial charge in [0.15, 0.2) is 0 Å². The number of carbonyl (C=O) groups excluding carboxylic acids is 1. The highest BCUT2D eigenvalue weighted by molar-refractivity contribution is 8.00. The molecule has 0 bridgehead atoms. The third kappa shape index (κ3) is 4.25. The molecule has 1 fully saturated rings. The van der Waals surface area contributed by atoms with Crippen LogP contribution < -0.4 is 5.32 Å². The van der Waals surface area contributed by atoms with E-state index < -0.39 is 0 Å². The van der Waals surface area contributed by atoms with Crippen molar-refractivity contribution in [3.05, 3.63) is 30.3 Å². The highest BCUT2D eigenvalue weighted by Gasteiger charge is 2.26. The van der Waals surface area contributed by atoms with Gasteiger partial charge in [0.2, 0.25) is 5.91 Å². The maximum atomic E-state index is 12.2. The van der Waals surface area contributed by atoms with Crippen molar-refractivity contribution in [3.63, 3.8) is 0 Å². The number of thioether (sulfide) groups is 1. The lowest BCUT2D eigenvalue weighted by molar-refractivity contribution is -0.120. The van der Waals surface area contributed by atoms with Gasteiger partial charge in [0.05, 0.1) is 11.4 Å². The number of rotatable bonds is 6. The van der Waals surface area contributed by atoms with Gasteiger partial charge in [-0.25, -0.2) is 0 Å². The lowest BCUT2D eigenvalue weighted by Crippen LogP contribution is -2.37. The summed E-state index contributed by atoms with van der Waals surface area (Å²) in [6, 6.07) is 10.0. The Labute approximate surface area is 125 Å². The van der Waals surface area contributed by atoms with Crippen molar-refractivity contribution in [2.75, 3.05) is 6.54 Å². The molecule has 0 heterocycles. The van der Waals surface area contributed by atoms with Gasteiger partial charge in [0.25, 0.3) is 0 Å². The molecule has 0 saturated heterocycles. The van der Waals surface area contributed by atoms with E-state index in [1.807, 2.05) is 37.3 Å². The largest absolute Gasteiger partial charge is 0.393 e. The summed E-state index contributed by atoms with van der Waals surface area (Å²) in [5, 5.41) is 12.7. The number of aliphatic hydroxyl groups is 1. The predicted octanol–water partition coefficient (Wildman–Crippen LogP) is 2.83. The SMILES string of the molecule is CCC(Sc1ccccc1)C(=O)NCC1CCCC1O. The third-order valence-electron chi connectivity index (χ3n) is 3.84. The Hall–Kier alpha value is -1.00. The summed E-state index contributed by atoms with van der Waals surface area (Å²) >= 11 is 1.61. The summed E-state index contributed by atoms with van der Waals surface area (Å²) in [6.07, 6.45) is 3.52. The minimum Gasteiger partial charge on any atom is -0.393 e. The summed E-state index contributed by atoms with van der Waals surface area (Å²) in [5.74, 6) is 0.318. The first-order valence-electron chi connectivity index (χ1n) is 7.38. The van der Waals surface area contributed by atoms with E-state index in [0.29, 0.717) is 6.54 Å². The number of amides is 1. The van der Waals surface area contributed by atoms with Gasteiger partial charge in [-0.1, -0.05) is 31.5 Å². The van der Waals surface area contributed by atoms with Crippen LogP contribution in [0.4, 0.5) is 0 Å². The molecule has 0 spiro atoms. The zero-order valence-corrected chi connectivity index (χ0v) is 12.7. The van der Waals surface area contributed by atoms with Gasteiger partial charge in [-0.2, -0.15) is 0 Å². The number of aliphatic hydroxyl groups excluding tert-OH is 1. The van der Waals surface area contributed by atoms with Gasteiger partial charge in [0, 0.05) is 17.4 Å². The molecule has 0 radical (unpaired) electrons. The second kappa shape index (κ2) is 7.70. The van der Waals surface area contributed by atoms with Crippen LogP contribution in [0.25, 0.3) is 0 Å². The monoisotopic (exact) mass is 293 g/mol.